The van der Waals surface area contributed by atoms with Crippen molar-refractivity contribution in [2.24, 2.45) is 0 Å². The molecule has 0 saturated carbocycles. The lowest BCUT2D eigenvalue weighted by Gasteiger charge is -2.26. The summed E-state index contributed by atoms with van der Waals surface area (Å²) in [4.78, 5) is 4.62. The standard InChI is InChI=1S/C13H28N2O/c1-6-9-14(5)11-12-15(7-2)10-8-13(3,4)16/h6,16H,1,7-12H2,2-5H3. The van der Waals surface area contributed by atoms with E-state index in [-0.39, 0.29) is 0 Å². The maximum Gasteiger partial charge on any atom is 0.0603 e. The van der Waals surface area contributed by atoms with Gasteiger partial charge < -0.3 is 14.9 Å². The van der Waals surface area contributed by atoms with Crippen molar-refractivity contribution < 1.29 is 5.11 Å². The fourth-order valence-electron chi connectivity index (χ4n) is 1.48. The van der Waals surface area contributed by atoms with E-state index in [2.05, 4.69) is 30.4 Å². The van der Waals surface area contributed by atoms with Crippen LogP contribution in [0.1, 0.15) is 27.2 Å². The molecule has 0 unspecified atom stereocenters. The monoisotopic (exact) mass is 228 g/mol. The minimum atomic E-state index is -0.555. The van der Waals surface area contributed by atoms with Gasteiger partial charge in [-0.1, -0.05) is 13.0 Å². The van der Waals surface area contributed by atoms with Gasteiger partial charge in [-0.3, -0.25) is 0 Å². The zero-order valence-corrected chi connectivity index (χ0v) is 11.4. The molecule has 0 bridgehead atoms. The van der Waals surface area contributed by atoms with Crippen molar-refractivity contribution in [2.75, 3.05) is 39.8 Å². The highest BCUT2D eigenvalue weighted by Gasteiger charge is 2.14. The number of likely N-dealkylation sites (N-methyl/N-ethyl adjacent to an activating group) is 2. The van der Waals surface area contributed by atoms with Crippen LogP contribution in [0, 0.1) is 0 Å². The van der Waals surface area contributed by atoms with Crippen LogP contribution in [-0.4, -0.2) is 60.3 Å². The number of hydrogen-bond acceptors (Lipinski definition) is 3. The van der Waals surface area contributed by atoms with E-state index in [4.69, 9.17) is 0 Å². The van der Waals surface area contributed by atoms with Crippen molar-refractivity contribution in [2.45, 2.75) is 32.8 Å². The third-order valence-electron chi connectivity index (χ3n) is 2.73. The lowest BCUT2D eigenvalue weighted by molar-refractivity contribution is 0.0574. The molecular weight excluding hydrogens is 200 g/mol. The Labute approximate surface area is 101 Å². The van der Waals surface area contributed by atoms with Crippen LogP contribution in [0.4, 0.5) is 0 Å². The van der Waals surface area contributed by atoms with Gasteiger partial charge in [-0.05, 0) is 33.9 Å². The Bertz CT molecular complexity index is 187. The van der Waals surface area contributed by atoms with E-state index < -0.39 is 5.60 Å². The van der Waals surface area contributed by atoms with Gasteiger partial charge in [-0.15, -0.1) is 6.58 Å². The van der Waals surface area contributed by atoms with Crippen molar-refractivity contribution in [3.05, 3.63) is 12.7 Å². The van der Waals surface area contributed by atoms with Crippen LogP contribution >= 0.6 is 0 Å². The van der Waals surface area contributed by atoms with Gasteiger partial charge in [0.05, 0.1) is 5.60 Å². The minimum absolute atomic E-state index is 0.555. The molecule has 0 aromatic heterocycles. The van der Waals surface area contributed by atoms with Crippen molar-refractivity contribution in [1.82, 2.24) is 9.80 Å². The first-order valence-corrected chi connectivity index (χ1v) is 6.13. The first-order chi connectivity index (χ1) is 7.39. The minimum Gasteiger partial charge on any atom is -0.390 e. The molecule has 0 aromatic carbocycles. The normalized spacial score (nSPS) is 12.4. The Balaban J connectivity index is 3.79. The average Bonchev–Trinajstić information content (AvgIpc) is 2.17. The quantitative estimate of drug-likeness (QED) is 0.607. The molecule has 16 heavy (non-hydrogen) atoms. The fraction of sp³-hybridized carbons (Fsp3) is 0.846. The largest absolute Gasteiger partial charge is 0.390 e. The van der Waals surface area contributed by atoms with E-state index in [1.165, 1.54) is 0 Å². The third-order valence-corrected chi connectivity index (χ3v) is 2.73. The lowest BCUT2D eigenvalue weighted by atomic mass is 10.1. The molecule has 1 N–H and O–H groups in total. The van der Waals surface area contributed by atoms with Gasteiger partial charge in [-0.2, -0.15) is 0 Å². The van der Waals surface area contributed by atoms with Gasteiger partial charge in [0.15, 0.2) is 0 Å². The second-order valence-corrected chi connectivity index (χ2v) is 5.05. The predicted octanol–water partition coefficient (Wildman–Crippen LogP) is 1.59. The maximum absolute atomic E-state index is 9.67. The molecule has 0 aliphatic carbocycles. The molecule has 0 atom stereocenters. The number of hydrogen-bond donors (Lipinski definition) is 1. The summed E-state index contributed by atoms with van der Waals surface area (Å²) in [6, 6.07) is 0. The van der Waals surface area contributed by atoms with Crippen LogP contribution < -0.4 is 0 Å². The summed E-state index contributed by atoms with van der Waals surface area (Å²) in [5.41, 5.74) is -0.555. The Morgan fingerprint density at radius 3 is 2.31 bits per heavy atom. The second kappa shape index (κ2) is 7.82. The van der Waals surface area contributed by atoms with Gasteiger partial charge in [0.2, 0.25) is 0 Å². The Morgan fingerprint density at radius 1 is 1.25 bits per heavy atom. The van der Waals surface area contributed by atoms with E-state index >= 15 is 0 Å². The summed E-state index contributed by atoms with van der Waals surface area (Å²) in [5.74, 6) is 0. The molecule has 0 fully saturated rings. The van der Waals surface area contributed by atoms with Crippen LogP contribution in [0.5, 0.6) is 0 Å². The molecule has 96 valence electrons. The zero-order chi connectivity index (χ0) is 12.6. The maximum atomic E-state index is 9.67. The third kappa shape index (κ3) is 8.89. The number of rotatable bonds is 9. The molecular formula is C13H28N2O. The molecule has 0 saturated heterocycles. The van der Waals surface area contributed by atoms with Crippen molar-refractivity contribution in [3.63, 3.8) is 0 Å². The molecule has 0 amide bonds. The van der Waals surface area contributed by atoms with Gasteiger partial charge >= 0.3 is 0 Å². The van der Waals surface area contributed by atoms with Crippen LogP contribution in [0.2, 0.25) is 0 Å². The van der Waals surface area contributed by atoms with Crippen LogP contribution in [0.25, 0.3) is 0 Å². The van der Waals surface area contributed by atoms with Crippen LogP contribution in [0.15, 0.2) is 12.7 Å². The van der Waals surface area contributed by atoms with Crippen LogP contribution in [0.3, 0.4) is 0 Å². The molecule has 0 heterocycles. The van der Waals surface area contributed by atoms with Crippen molar-refractivity contribution >= 4 is 0 Å². The van der Waals surface area contributed by atoms with Gasteiger partial charge in [0, 0.05) is 26.2 Å². The molecule has 0 aliphatic rings. The highest BCUT2D eigenvalue weighted by atomic mass is 16.3. The number of aliphatic hydroxyl groups is 1. The summed E-state index contributed by atoms with van der Waals surface area (Å²) >= 11 is 0. The molecule has 3 heteroatoms. The molecule has 0 spiro atoms. The van der Waals surface area contributed by atoms with E-state index in [1.807, 2.05) is 19.9 Å². The molecule has 0 radical (unpaired) electrons. The van der Waals surface area contributed by atoms with Gasteiger partial charge in [-0.25, -0.2) is 0 Å². The second-order valence-electron chi connectivity index (χ2n) is 5.05. The Kier molecular flexibility index (Phi) is 7.64. The van der Waals surface area contributed by atoms with E-state index in [9.17, 15) is 5.11 Å². The molecule has 0 rings (SSSR count). The zero-order valence-electron chi connectivity index (χ0n) is 11.4. The number of nitrogens with zero attached hydrogens (tertiary/aromatic N) is 2. The SMILES string of the molecule is C=CCN(C)CCN(CC)CCC(C)(C)O. The average molecular weight is 228 g/mol. The summed E-state index contributed by atoms with van der Waals surface area (Å²) in [6.07, 6.45) is 2.75. The molecule has 0 aliphatic heterocycles. The Morgan fingerprint density at radius 2 is 1.88 bits per heavy atom. The van der Waals surface area contributed by atoms with Gasteiger partial charge in [0.1, 0.15) is 0 Å². The fourth-order valence-corrected chi connectivity index (χ4v) is 1.48. The first kappa shape index (κ1) is 15.6. The first-order valence-electron chi connectivity index (χ1n) is 6.13. The topological polar surface area (TPSA) is 26.7 Å². The van der Waals surface area contributed by atoms with Gasteiger partial charge in [0.25, 0.3) is 0 Å². The molecule has 3 nitrogen and oxygen atoms in total. The Hall–Kier alpha value is -0.380. The van der Waals surface area contributed by atoms with E-state index in [0.29, 0.717) is 0 Å². The van der Waals surface area contributed by atoms with Crippen molar-refractivity contribution in [1.29, 1.82) is 0 Å². The summed E-state index contributed by atoms with van der Waals surface area (Å²) in [5, 5.41) is 9.67. The lowest BCUT2D eigenvalue weighted by Crippen LogP contribution is -2.36. The predicted molar refractivity (Wildman–Crippen MR) is 70.7 cm³/mol. The summed E-state index contributed by atoms with van der Waals surface area (Å²) in [7, 11) is 2.10. The van der Waals surface area contributed by atoms with Crippen molar-refractivity contribution in [3.8, 4) is 0 Å². The highest BCUT2D eigenvalue weighted by Crippen LogP contribution is 2.08. The highest BCUT2D eigenvalue weighted by molar-refractivity contribution is 4.73. The van der Waals surface area contributed by atoms with E-state index in [1.54, 1.807) is 0 Å². The molecule has 0 aromatic rings. The summed E-state index contributed by atoms with van der Waals surface area (Å²) < 4.78 is 0. The summed E-state index contributed by atoms with van der Waals surface area (Å²) in [6.45, 7) is 14.7. The van der Waals surface area contributed by atoms with Crippen LogP contribution in [-0.2, 0) is 0 Å². The van der Waals surface area contributed by atoms with E-state index in [0.717, 1.165) is 39.1 Å². The smallest absolute Gasteiger partial charge is 0.0603 e.